The molecule has 1 fully saturated rings. The van der Waals surface area contributed by atoms with Crippen molar-refractivity contribution >= 4 is 21.5 Å². The van der Waals surface area contributed by atoms with Crippen molar-refractivity contribution in [1.29, 1.82) is 0 Å². The van der Waals surface area contributed by atoms with E-state index in [1.165, 1.54) is 4.40 Å². The molecule has 18 heavy (non-hydrogen) atoms. The molecule has 1 aliphatic rings. The quantitative estimate of drug-likeness (QED) is 0.537. The highest BCUT2D eigenvalue weighted by molar-refractivity contribution is 7.89. The lowest BCUT2D eigenvalue weighted by Crippen LogP contribution is -2.28. The van der Waals surface area contributed by atoms with Crippen molar-refractivity contribution in [3.05, 3.63) is 24.4 Å². The van der Waals surface area contributed by atoms with Crippen LogP contribution < -0.4 is 16.0 Å². The van der Waals surface area contributed by atoms with E-state index in [0.717, 1.165) is 12.8 Å². The van der Waals surface area contributed by atoms with E-state index < -0.39 is 10.0 Å². The highest BCUT2D eigenvalue weighted by atomic mass is 32.2. The van der Waals surface area contributed by atoms with Gasteiger partial charge in [-0.25, -0.2) is 24.0 Å². The maximum Gasteiger partial charge on any atom is 0.260 e. The SMILES string of the molecule is NNc1nc2ccccn2c1S(=O)(=O)NC1CC1. The van der Waals surface area contributed by atoms with Crippen LogP contribution in [0.3, 0.4) is 0 Å². The number of pyridine rings is 1. The number of nitrogens with two attached hydrogens (primary N) is 1. The number of anilines is 1. The van der Waals surface area contributed by atoms with Gasteiger partial charge in [0, 0.05) is 12.2 Å². The molecular weight excluding hydrogens is 254 g/mol. The molecule has 0 aliphatic heterocycles. The number of hydrogen-bond donors (Lipinski definition) is 3. The molecule has 7 nitrogen and oxygen atoms in total. The van der Waals surface area contributed by atoms with Crippen molar-refractivity contribution in [2.45, 2.75) is 23.9 Å². The van der Waals surface area contributed by atoms with E-state index >= 15 is 0 Å². The van der Waals surface area contributed by atoms with Crippen molar-refractivity contribution in [2.75, 3.05) is 5.43 Å². The maximum atomic E-state index is 12.3. The molecule has 3 rings (SSSR count). The molecular formula is C10H13N5O2S. The van der Waals surface area contributed by atoms with Crippen molar-refractivity contribution < 1.29 is 8.42 Å². The average Bonchev–Trinajstić information content (AvgIpc) is 3.05. The first-order chi connectivity index (χ1) is 8.62. The largest absolute Gasteiger partial charge is 0.306 e. The summed E-state index contributed by atoms with van der Waals surface area (Å²) in [6.07, 6.45) is 3.40. The standard InChI is InChI=1S/C10H13N5O2S/c11-13-9-10(18(16,17)14-7-4-5-7)15-6-2-1-3-8(15)12-9/h1-3,6-7,13-14H,4-5,11H2. The average molecular weight is 267 g/mol. The summed E-state index contributed by atoms with van der Waals surface area (Å²) >= 11 is 0. The molecule has 0 bridgehead atoms. The van der Waals surface area contributed by atoms with Gasteiger partial charge in [0.2, 0.25) is 0 Å². The van der Waals surface area contributed by atoms with E-state index in [4.69, 9.17) is 5.84 Å². The third-order valence-electron chi connectivity index (χ3n) is 2.78. The van der Waals surface area contributed by atoms with Crippen LogP contribution in [-0.4, -0.2) is 23.8 Å². The minimum absolute atomic E-state index is 0.0369. The Morgan fingerprint density at radius 2 is 2.17 bits per heavy atom. The van der Waals surface area contributed by atoms with Crippen LogP contribution in [0.15, 0.2) is 29.4 Å². The summed E-state index contributed by atoms with van der Waals surface area (Å²) < 4.78 is 28.7. The Hall–Kier alpha value is -1.64. The van der Waals surface area contributed by atoms with Crippen LogP contribution in [0, 0.1) is 0 Å². The number of imidazole rings is 1. The highest BCUT2D eigenvalue weighted by Crippen LogP contribution is 2.26. The monoisotopic (exact) mass is 267 g/mol. The van der Waals surface area contributed by atoms with Gasteiger partial charge in [0.15, 0.2) is 10.8 Å². The van der Waals surface area contributed by atoms with E-state index in [1.807, 2.05) is 0 Å². The molecule has 1 aliphatic carbocycles. The first-order valence-corrected chi connectivity index (χ1v) is 7.06. The van der Waals surface area contributed by atoms with Crippen LogP contribution in [0.5, 0.6) is 0 Å². The van der Waals surface area contributed by atoms with Gasteiger partial charge in [-0.3, -0.25) is 4.40 Å². The number of rotatable bonds is 4. The fraction of sp³-hybridized carbons (Fsp3) is 0.300. The summed E-state index contributed by atoms with van der Waals surface area (Å²) in [6, 6.07) is 5.28. The summed E-state index contributed by atoms with van der Waals surface area (Å²) in [4.78, 5) is 4.13. The Balaban J connectivity index is 2.19. The zero-order valence-corrected chi connectivity index (χ0v) is 10.3. The molecule has 0 atom stereocenters. The smallest absolute Gasteiger partial charge is 0.260 e. The Bertz CT molecular complexity index is 689. The minimum Gasteiger partial charge on any atom is -0.306 e. The van der Waals surface area contributed by atoms with Crippen LogP contribution in [0.4, 0.5) is 5.82 Å². The van der Waals surface area contributed by atoms with Gasteiger partial charge in [-0.1, -0.05) is 6.07 Å². The van der Waals surface area contributed by atoms with Gasteiger partial charge in [-0.2, -0.15) is 0 Å². The Morgan fingerprint density at radius 1 is 1.39 bits per heavy atom. The van der Waals surface area contributed by atoms with Crippen LogP contribution in [0.25, 0.3) is 5.65 Å². The van der Waals surface area contributed by atoms with E-state index in [2.05, 4.69) is 15.1 Å². The highest BCUT2D eigenvalue weighted by Gasteiger charge is 2.32. The molecule has 2 aromatic rings. The molecule has 2 heterocycles. The second-order valence-electron chi connectivity index (χ2n) is 4.23. The van der Waals surface area contributed by atoms with Crippen molar-refractivity contribution in [2.24, 2.45) is 5.84 Å². The lowest BCUT2D eigenvalue weighted by atomic mass is 10.5. The van der Waals surface area contributed by atoms with Crippen LogP contribution in [0.2, 0.25) is 0 Å². The molecule has 0 saturated heterocycles. The van der Waals surface area contributed by atoms with Gasteiger partial charge in [-0.15, -0.1) is 0 Å². The Labute approximate surface area is 104 Å². The van der Waals surface area contributed by atoms with E-state index in [1.54, 1.807) is 24.4 Å². The number of hydrogen-bond acceptors (Lipinski definition) is 5. The third-order valence-corrected chi connectivity index (χ3v) is 4.32. The number of fused-ring (bicyclic) bond motifs is 1. The first kappa shape index (κ1) is 11.5. The maximum absolute atomic E-state index is 12.3. The number of sulfonamides is 1. The second kappa shape index (κ2) is 3.94. The molecule has 0 amide bonds. The summed E-state index contributed by atoms with van der Waals surface area (Å²) in [5.41, 5.74) is 2.86. The van der Waals surface area contributed by atoms with Crippen LogP contribution in [-0.2, 0) is 10.0 Å². The summed E-state index contributed by atoms with van der Waals surface area (Å²) in [7, 11) is -3.62. The fourth-order valence-electron chi connectivity index (χ4n) is 1.80. The van der Waals surface area contributed by atoms with E-state index in [9.17, 15) is 8.42 Å². The molecule has 0 radical (unpaired) electrons. The number of nitrogen functional groups attached to an aromatic ring is 1. The summed E-state index contributed by atoms with van der Waals surface area (Å²) in [6.45, 7) is 0. The number of aromatic nitrogens is 2. The molecule has 8 heteroatoms. The molecule has 0 spiro atoms. The number of nitrogens with zero attached hydrogens (tertiary/aromatic N) is 2. The zero-order valence-electron chi connectivity index (χ0n) is 9.50. The molecule has 0 unspecified atom stereocenters. The lowest BCUT2D eigenvalue weighted by Gasteiger charge is -2.06. The van der Waals surface area contributed by atoms with Gasteiger partial charge in [0.05, 0.1) is 0 Å². The van der Waals surface area contributed by atoms with Crippen molar-refractivity contribution in [1.82, 2.24) is 14.1 Å². The number of hydrazine groups is 1. The Kier molecular flexibility index (Phi) is 2.51. The predicted molar refractivity (Wildman–Crippen MR) is 66.3 cm³/mol. The third kappa shape index (κ3) is 1.84. The van der Waals surface area contributed by atoms with Gasteiger partial charge < -0.3 is 5.43 Å². The lowest BCUT2D eigenvalue weighted by molar-refractivity contribution is 0.576. The first-order valence-electron chi connectivity index (χ1n) is 5.58. The minimum atomic E-state index is -3.62. The predicted octanol–water partition coefficient (Wildman–Crippen LogP) is 0.0606. The van der Waals surface area contributed by atoms with Crippen molar-refractivity contribution in [3.8, 4) is 0 Å². The fourth-order valence-corrected chi connectivity index (χ4v) is 3.36. The zero-order chi connectivity index (χ0) is 12.8. The van der Waals surface area contributed by atoms with E-state index in [0.29, 0.717) is 5.65 Å². The van der Waals surface area contributed by atoms with Gasteiger partial charge >= 0.3 is 0 Å². The van der Waals surface area contributed by atoms with Gasteiger partial charge in [-0.05, 0) is 25.0 Å². The van der Waals surface area contributed by atoms with Gasteiger partial charge in [0.1, 0.15) is 5.65 Å². The molecule has 96 valence electrons. The topological polar surface area (TPSA) is 102 Å². The Morgan fingerprint density at radius 3 is 2.83 bits per heavy atom. The summed E-state index contributed by atoms with van der Waals surface area (Å²) in [5.74, 6) is 5.49. The van der Waals surface area contributed by atoms with Crippen LogP contribution >= 0.6 is 0 Å². The normalized spacial score (nSPS) is 16.1. The van der Waals surface area contributed by atoms with Gasteiger partial charge in [0.25, 0.3) is 10.0 Å². The molecule has 1 saturated carbocycles. The number of nitrogens with one attached hydrogen (secondary N) is 2. The van der Waals surface area contributed by atoms with Crippen molar-refractivity contribution in [3.63, 3.8) is 0 Å². The molecule has 2 aromatic heterocycles. The second-order valence-corrected chi connectivity index (χ2v) is 5.86. The van der Waals surface area contributed by atoms with Crippen LogP contribution in [0.1, 0.15) is 12.8 Å². The van der Waals surface area contributed by atoms with E-state index in [-0.39, 0.29) is 16.9 Å². The molecule has 4 N–H and O–H groups in total. The molecule has 0 aromatic carbocycles. The summed E-state index contributed by atoms with van der Waals surface area (Å²) in [5, 5.41) is 0.0486.